The quantitative estimate of drug-likeness (QED) is 0.341. The van der Waals surface area contributed by atoms with Crippen molar-refractivity contribution in [3.8, 4) is 0 Å². The summed E-state index contributed by atoms with van der Waals surface area (Å²) in [6.45, 7) is 15.5. The molecule has 0 aromatic heterocycles. The van der Waals surface area contributed by atoms with Gasteiger partial charge < -0.3 is 4.90 Å². The van der Waals surface area contributed by atoms with Crippen LogP contribution in [0, 0.1) is 28.4 Å². The predicted octanol–water partition coefficient (Wildman–Crippen LogP) is 6.52. The number of halogens is 2. The zero-order valence-corrected chi connectivity index (χ0v) is 22.5. The van der Waals surface area contributed by atoms with Gasteiger partial charge in [0.15, 0.2) is 0 Å². The Hall–Kier alpha value is -2.67. The Bertz CT molecular complexity index is 966. The van der Waals surface area contributed by atoms with E-state index in [1.165, 1.54) is 18.2 Å². The van der Waals surface area contributed by atoms with E-state index >= 15 is 0 Å². The van der Waals surface area contributed by atoms with E-state index in [4.69, 9.17) is 0 Å². The summed E-state index contributed by atoms with van der Waals surface area (Å²) in [6.07, 6.45) is 11.3. The highest BCUT2D eigenvalue weighted by Gasteiger charge is 2.46. The standard InChI is InChI=1S/C23H37N3O2.C6H4F2/c1-7-9-10-11-20(8-2)23(24-28)13-15-25(16-18(23)3)21(27)19-12-14-26(17-19)22(4,5)6;7-5-2-1-3-6(8)4-5/h7-11,18-19H,12-17H2,1-6H3;1-4H/b9-7-,11-10-,20-8+;/t18?,19?,23-;/m1./s1. The lowest BCUT2D eigenvalue weighted by Crippen LogP contribution is -2.53. The summed E-state index contributed by atoms with van der Waals surface area (Å²) in [5.74, 6) is -0.775. The van der Waals surface area contributed by atoms with Gasteiger partial charge in [-0.1, -0.05) is 48.5 Å². The molecule has 2 aliphatic heterocycles. The highest BCUT2D eigenvalue weighted by molar-refractivity contribution is 5.79. The third kappa shape index (κ3) is 7.42. The molecule has 0 bridgehead atoms. The van der Waals surface area contributed by atoms with Crippen molar-refractivity contribution < 1.29 is 13.6 Å². The van der Waals surface area contributed by atoms with Gasteiger partial charge in [-0.15, -0.1) is 4.91 Å². The highest BCUT2D eigenvalue weighted by Crippen LogP contribution is 2.39. The van der Waals surface area contributed by atoms with Crippen LogP contribution >= 0.6 is 0 Å². The van der Waals surface area contributed by atoms with Crippen LogP contribution in [-0.2, 0) is 4.79 Å². The molecule has 2 aliphatic rings. The van der Waals surface area contributed by atoms with Crippen molar-refractivity contribution in [2.24, 2.45) is 17.0 Å². The second kappa shape index (κ2) is 13.0. The maximum atomic E-state index is 13.1. The second-order valence-electron chi connectivity index (χ2n) is 10.6. The summed E-state index contributed by atoms with van der Waals surface area (Å²) in [7, 11) is 0. The fraction of sp³-hybridized carbons (Fsp3) is 0.552. The van der Waals surface area contributed by atoms with E-state index in [0.29, 0.717) is 19.5 Å². The predicted molar refractivity (Wildman–Crippen MR) is 142 cm³/mol. The molecular formula is C29H41F2N3O2. The van der Waals surface area contributed by atoms with Gasteiger partial charge in [-0.05, 0) is 71.7 Å². The van der Waals surface area contributed by atoms with Crippen LogP contribution in [0.25, 0.3) is 0 Å². The molecule has 1 aromatic rings. The van der Waals surface area contributed by atoms with Crippen LogP contribution in [-0.4, -0.2) is 53.0 Å². The Morgan fingerprint density at radius 1 is 1.11 bits per heavy atom. The van der Waals surface area contributed by atoms with Crippen LogP contribution in [0.1, 0.15) is 54.4 Å². The van der Waals surface area contributed by atoms with Gasteiger partial charge in [-0.3, -0.25) is 9.69 Å². The molecule has 3 rings (SSSR count). The van der Waals surface area contributed by atoms with E-state index in [1.807, 2.05) is 56.1 Å². The SMILES string of the molecule is C\C=C/C=C\C(=C/C)[C@@]1(N=O)CCN(C(=O)C2CCN(C(C)(C)C)C2)CC1C.Fc1cccc(F)c1. The second-order valence-corrected chi connectivity index (χ2v) is 10.6. The monoisotopic (exact) mass is 501 g/mol. The smallest absolute Gasteiger partial charge is 0.227 e. The van der Waals surface area contributed by atoms with E-state index in [0.717, 1.165) is 31.1 Å². The zero-order chi connectivity index (χ0) is 26.9. The summed E-state index contributed by atoms with van der Waals surface area (Å²) in [6, 6.07) is 4.55. The van der Waals surface area contributed by atoms with Crippen molar-refractivity contribution >= 4 is 5.91 Å². The molecule has 0 N–H and O–H groups in total. The first-order valence-electron chi connectivity index (χ1n) is 12.7. The normalized spacial score (nSPS) is 25.8. The van der Waals surface area contributed by atoms with E-state index in [2.05, 4.69) is 30.8 Å². The maximum Gasteiger partial charge on any atom is 0.227 e. The molecular weight excluding hydrogens is 460 g/mol. The fourth-order valence-electron chi connectivity index (χ4n) is 4.99. The molecule has 2 fully saturated rings. The average Bonchev–Trinajstić information content (AvgIpc) is 3.33. The number of nitroso groups, excluding NO2 is 1. The summed E-state index contributed by atoms with van der Waals surface area (Å²) in [4.78, 5) is 29.4. The number of hydrogen-bond donors (Lipinski definition) is 0. The largest absolute Gasteiger partial charge is 0.342 e. The minimum Gasteiger partial charge on any atom is -0.342 e. The zero-order valence-electron chi connectivity index (χ0n) is 22.5. The number of carbonyl (C=O) groups is 1. The Labute approximate surface area is 214 Å². The van der Waals surface area contributed by atoms with Gasteiger partial charge in [0, 0.05) is 37.2 Å². The van der Waals surface area contributed by atoms with Crippen molar-refractivity contribution in [3.63, 3.8) is 0 Å². The molecule has 1 amide bonds. The number of carbonyl (C=O) groups excluding carboxylic acids is 1. The Morgan fingerprint density at radius 3 is 2.22 bits per heavy atom. The van der Waals surface area contributed by atoms with Crippen molar-refractivity contribution in [1.82, 2.24) is 9.80 Å². The lowest BCUT2D eigenvalue weighted by molar-refractivity contribution is -0.137. The fourth-order valence-corrected chi connectivity index (χ4v) is 4.99. The summed E-state index contributed by atoms with van der Waals surface area (Å²) < 4.78 is 23.9. The third-order valence-electron chi connectivity index (χ3n) is 7.21. The van der Waals surface area contributed by atoms with Gasteiger partial charge in [0.05, 0.1) is 5.92 Å². The molecule has 0 saturated carbocycles. The number of amides is 1. The van der Waals surface area contributed by atoms with Gasteiger partial charge in [0.2, 0.25) is 5.91 Å². The minimum atomic E-state index is -0.753. The van der Waals surface area contributed by atoms with E-state index < -0.39 is 17.2 Å². The molecule has 2 unspecified atom stereocenters. The molecule has 2 saturated heterocycles. The van der Waals surface area contributed by atoms with E-state index in [1.54, 1.807) is 0 Å². The van der Waals surface area contributed by atoms with Crippen LogP contribution in [0.15, 0.2) is 65.4 Å². The number of rotatable bonds is 5. The number of likely N-dealkylation sites (tertiary alicyclic amines) is 2. The number of piperidine rings is 1. The molecule has 5 nitrogen and oxygen atoms in total. The van der Waals surface area contributed by atoms with Crippen LogP contribution in [0.3, 0.4) is 0 Å². The molecule has 7 heteroatoms. The van der Waals surface area contributed by atoms with Crippen LogP contribution in [0.5, 0.6) is 0 Å². The Kier molecular flexibility index (Phi) is 10.7. The van der Waals surface area contributed by atoms with E-state index in [9.17, 15) is 18.5 Å². The molecule has 1 aromatic carbocycles. The van der Waals surface area contributed by atoms with E-state index in [-0.39, 0.29) is 23.3 Å². The molecule has 2 heterocycles. The number of allylic oxidation sites excluding steroid dienone is 4. The summed E-state index contributed by atoms with van der Waals surface area (Å²) in [5.41, 5.74) is 0.289. The van der Waals surface area contributed by atoms with Crippen LogP contribution < -0.4 is 0 Å². The van der Waals surface area contributed by atoms with Crippen molar-refractivity contribution in [2.45, 2.75) is 65.5 Å². The summed E-state index contributed by atoms with van der Waals surface area (Å²) >= 11 is 0. The van der Waals surface area contributed by atoms with Gasteiger partial charge >= 0.3 is 0 Å². The first-order chi connectivity index (χ1) is 17.0. The maximum absolute atomic E-state index is 13.1. The van der Waals surface area contributed by atoms with Crippen molar-refractivity contribution in [2.75, 3.05) is 26.2 Å². The molecule has 198 valence electrons. The molecule has 36 heavy (non-hydrogen) atoms. The van der Waals surface area contributed by atoms with Gasteiger partial charge in [-0.25, -0.2) is 8.78 Å². The lowest BCUT2D eigenvalue weighted by atomic mass is 9.73. The summed E-state index contributed by atoms with van der Waals surface area (Å²) in [5, 5.41) is 3.61. The molecule has 0 spiro atoms. The van der Waals surface area contributed by atoms with Gasteiger partial charge in [-0.2, -0.15) is 0 Å². The van der Waals surface area contributed by atoms with Crippen molar-refractivity contribution in [1.29, 1.82) is 0 Å². The van der Waals surface area contributed by atoms with Crippen LogP contribution in [0.4, 0.5) is 8.78 Å². The first-order valence-corrected chi connectivity index (χ1v) is 12.7. The van der Waals surface area contributed by atoms with Gasteiger partial charge in [0.1, 0.15) is 17.2 Å². The number of nitrogens with zero attached hydrogens (tertiary/aromatic N) is 3. The molecule has 3 atom stereocenters. The highest BCUT2D eigenvalue weighted by atomic mass is 19.1. The van der Waals surface area contributed by atoms with Crippen molar-refractivity contribution in [3.05, 3.63) is 76.8 Å². The molecule has 0 aliphatic carbocycles. The van der Waals surface area contributed by atoms with Gasteiger partial charge in [0.25, 0.3) is 0 Å². The Balaban J connectivity index is 0.000000482. The number of hydrogen-bond acceptors (Lipinski definition) is 4. The first kappa shape index (κ1) is 29.6. The van der Waals surface area contributed by atoms with Crippen LogP contribution in [0.2, 0.25) is 0 Å². The average molecular weight is 502 g/mol. The third-order valence-corrected chi connectivity index (χ3v) is 7.21. The topological polar surface area (TPSA) is 53.0 Å². The minimum absolute atomic E-state index is 0.00993. The number of benzene rings is 1. The Morgan fingerprint density at radius 2 is 1.78 bits per heavy atom. The lowest BCUT2D eigenvalue weighted by Gasteiger charge is -2.43. The molecule has 0 radical (unpaired) electrons.